The molecule has 0 bridgehead atoms. The molecule has 0 heteroatoms. The van der Waals surface area contributed by atoms with Gasteiger partial charge in [-0.1, -0.05) is 206 Å². The molecule has 0 atom stereocenters. The van der Waals surface area contributed by atoms with Gasteiger partial charge in [-0.15, -0.1) is 0 Å². The average Bonchev–Trinajstić information content (AvgIpc) is 3.95. The largest absolute Gasteiger partial charge is 0.0622 e. The number of fused-ring (bicyclic) bond motifs is 12. The van der Waals surface area contributed by atoms with Crippen LogP contribution in [0.4, 0.5) is 0 Å². The molecule has 0 fully saturated rings. The van der Waals surface area contributed by atoms with Gasteiger partial charge in [0.1, 0.15) is 0 Å². The Balaban J connectivity index is 0.937. The number of benzene rings is 15. The maximum absolute atomic E-state index is 2.54. The Bertz CT molecular complexity index is 4660. The second kappa shape index (κ2) is 14.6. The van der Waals surface area contributed by atoms with Gasteiger partial charge in [0.2, 0.25) is 0 Å². The average molecular weight is 933 g/mol. The van der Waals surface area contributed by atoms with Gasteiger partial charge >= 0.3 is 0 Å². The number of hydrogen-bond donors (Lipinski definition) is 0. The van der Waals surface area contributed by atoms with E-state index in [9.17, 15) is 0 Å². The van der Waals surface area contributed by atoms with Crippen LogP contribution in [0.2, 0.25) is 0 Å². The SMILES string of the molecule is Cc1ccccc1-c1c2ccccc2c(-c2ccccc2)c2cc3c(cc12)-c1ccc2c4ccc5c6c(ccc(c7ccc-3c1c72)c64)-c1cc2c(-c3ccccc3C)c3ccccc3c(-c3ccccc3)c2cc1-5. The van der Waals surface area contributed by atoms with E-state index in [0.717, 1.165) is 0 Å². The maximum Gasteiger partial charge on any atom is -0.00139 e. The smallest absolute Gasteiger partial charge is 0.00139 e. The van der Waals surface area contributed by atoms with Crippen molar-refractivity contribution in [3.8, 4) is 89.0 Å². The molecule has 0 amide bonds. The first-order valence-electron chi connectivity index (χ1n) is 26.1. The van der Waals surface area contributed by atoms with E-state index in [1.807, 2.05) is 0 Å². The number of aryl methyl sites for hydroxylation is 2. The van der Waals surface area contributed by atoms with Crippen LogP contribution in [0.5, 0.6) is 0 Å². The summed E-state index contributed by atoms with van der Waals surface area (Å²) in [5.41, 5.74) is 23.4. The molecule has 15 aromatic carbocycles. The van der Waals surface area contributed by atoms with Crippen molar-refractivity contribution in [2.75, 3.05) is 0 Å². The molecule has 340 valence electrons. The van der Waals surface area contributed by atoms with Crippen LogP contribution in [0.3, 0.4) is 0 Å². The fraction of sp³-hybridized carbons (Fsp3) is 0.0270. The van der Waals surface area contributed by atoms with Gasteiger partial charge in [0.15, 0.2) is 0 Å². The number of hydrogen-bond acceptors (Lipinski definition) is 0. The third kappa shape index (κ3) is 5.17. The van der Waals surface area contributed by atoms with Gasteiger partial charge in [-0.25, -0.2) is 0 Å². The van der Waals surface area contributed by atoms with Crippen LogP contribution >= 0.6 is 0 Å². The summed E-state index contributed by atoms with van der Waals surface area (Å²) < 4.78 is 0. The van der Waals surface area contributed by atoms with Gasteiger partial charge < -0.3 is 0 Å². The van der Waals surface area contributed by atoms with E-state index in [2.05, 4.69) is 244 Å². The molecule has 2 aliphatic rings. The lowest BCUT2D eigenvalue weighted by molar-refractivity contribution is 1.47. The van der Waals surface area contributed by atoms with Crippen LogP contribution in [0.1, 0.15) is 11.1 Å². The molecule has 0 heterocycles. The zero-order chi connectivity index (χ0) is 48.5. The van der Waals surface area contributed by atoms with Gasteiger partial charge in [0.05, 0.1) is 0 Å². The third-order valence-corrected chi connectivity index (χ3v) is 17.3. The van der Waals surface area contributed by atoms with E-state index in [1.165, 1.54) is 186 Å². The summed E-state index contributed by atoms with van der Waals surface area (Å²) >= 11 is 0. The lowest BCUT2D eigenvalue weighted by atomic mass is 9.83. The van der Waals surface area contributed by atoms with Crippen LogP contribution in [0, 0.1) is 13.8 Å². The van der Waals surface area contributed by atoms with Crippen LogP contribution in [-0.4, -0.2) is 0 Å². The second-order valence-electron chi connectivity index (χ2n) is 21.0. The molecule has 0 saturated carbocycles. The molecule has 0 saturated heterocycles. The molecule has 0 nitrogen and oxygen atoms in total. The normalized spacial score (nSPS) is 12.5. The standard InChI is InChI=1S/C74H44/c1-41-17-9-11-23-45(41)69-49-27-15-13-25-47(49)67(43-19-5-3-6-20-43)63-37-59-55-33-29-51-54-32-36-58-62-40-66-64(68(44-21-7-4-8-22-44)48-26-14-16-28-50(48)70(66)46-24-12-10-18-42(46)2)38-60(62)56-34-30-52(72(54)74(56)58)53-31-35-57(73(55)71(51)53)61(59)39-65(63)69/h3-40H,1-2H3. The molecule has 2 aliphatic carbocycles. The first-order valence-corrected chi connectivity index (χ1v) is 26.1. The summed E-state index contributed by atoms with van der Waals surface area (Å²) in [5.74, 6) is 0. The molecular weight excluding hydrogens is 889 g/mol. The summed E-state index contributed by atoms with van der Waals surface area (Å²) in [7, 11) is 0. The lowest BCUT2D eigenvalue weighted by Crippen LogP contribution is -1.93. The summed E-state index contributed by atoms with van der Waals surface area (Å²) in [6.07, 6.45) is 0. The minimum Gasteiger partial charge on any atom is -0.0622 e. The van der Waals surface area contributed by atoms with E-state index < -0.39 is 0 Å². The highest BCUT2D eigenvalue weighted by Crippen LogP contribution is 2.59. The highest BCUT2D eigenvalue weighted by Gasteiger charge is 2.31. The molecule has 0 N–H and O–H groups in total. The second-order valence-corrected chi connectivity index (χ2v) is 21.0. The van der Waals surface area contributed by atoms with E-state index in [0.29, 0.717) is 0 Å². The van der Waals surface area contributed by atoms with E-state index in [4.69, 9.17) is 0 Å². The van der Waals surface area contributed by atoms with Crippen LogP contribution in [0.25, 0.3) is 175 Å². The molecule has 74 heavy (non-hydrogen) atoms. The van der Waals surface area contributed by atoms with Crippen molar-refractivity contribution in [2.45, 2.75) is 13.8 Å². The Morgan fingerprint density at radius 2 is 0.459 bits per heavy atom. The van der Waals surface area contributed by atoms with Crippen molar-refractivity contribution >= 4 is 86.2 Å². The third-order valence-electron chi connectivity index (χ3n) is 17.3. The molecule has 15 aromatic rings. The summed E-state index contributed by atoms with van der Waals surface area (Å²) in [6, 6.07) is 87.7. The topological polar surface area (TPSA) is 0 Å². The first-order chi connectivity index (χ1) is 36.6. The maximum atomic E-state index is 2.54. The quantitative estimate of drug-likeness (QED) is 0.122. The van der Waals surface area contributed by atoms with Gasteiger partial charge in [0.25, 0.3) is 0 Å². The van der Waals surface area contributed by atoms with E-state index in [1.54, 1.807) is 0 Å². The van der Waals surface area contributed by atoms with Gasteiger partial charge in [0, 0.05) is 0 Å². The predicted molar refractivity (Wildman–Crippen MR) is 318 cm³/mol. The fourth-order valence-corrected chi connectivity index (χ4v) is 14.2. The lowest BCUT2D eigenvalue weighted by Gasteiger charge is -2.20. The Labute approximate surface area is 428 Å². The zero-order valence-electron chi connectivity index (χ0n) is 40.9. The van der Waals surface area contributed by atoms with Gasteiger partial charge in [-0.2, -0.15) is 0 Å². The van der Waals surface area contributed by atoms with E-state index in [-0.39, 0.29) is 0 Å². The molecule has 17 rings (SSSR count). The van der Waals surface area contributed by atoms with Crippen molar-refractivity contribution in [1.82, 2.24) is 0 Å². The fourth-order valence-electron chi connectivity index (χ4n) is 14.2. The Morgan fingerprint density at radius 3 is 0.797 bits per heavy atom. The molecule has 0 radical (unpaired) electrons. The van der Waals surface area contributed by atoms with Gasteiger partial charge in [-0.05, 0) is 224 Å². The summed E-state index contributed by atoms with van der Waals surface area (Å²) in [4.78, 5) is 0. The van der Waals surface area contributed by atoms with Crippen molar-refractivity contribution in [2.24, 2.45) is 0 Å². The van der Waals surface area contributed by atoms with Gasteiger partial charge in [-0.3, -0.25) is 0 Å². The van der Waals surface area contributed by atoms with Crippen LogP contribution in [-0.2, 0) is 0 Å². The molecule has 0 spiro atoms. The Hall–Kier alpha value is -9.36. The van der Waals surface area contributed by atoms with E-state index >= 15 is 0 Å². The molecular formula is C74H44. The van der Waals surface area contributed by atoms with Crippen LogP contribution in [0.15, 0.2) is 231 Å². The van der Waals surface area contributed by atoms with Crippen LogP contribution < -0.4 is 0 Å². The predicted octanol–water partition coefficient (Wildman–Crippen LogP) is 20.9. The highest BCUT2D eigenvalue weighted by molar-refractivity contribution is 6.41. The zero-order valence-corrected chi connectivity index (χ0v) is 40.9. The van der Waals surface area contributed by atoms with Crippen molar-refractivity contribution < 1.29 is 0 Å². The highest BCUT2D eigenvalue weighted by atomic mass is 14.3. The van der Waals surface area contributed by atoms with Crippen molar-refractivity contribution in [3.63, 3.8) is 0 Å². The Kier molecular flexibility index (Phi) is 7.96. The molecule has 0 aromatic heterocycles. The Morgan fingerprint density at radius 1 is 0.176 bits per heavy atom. The number of rotatable bonds is 4. The van der Waals surface area contributed by atoms with Crippen molar-refractivity contribution in [3.05, 3.63) is 242 Å². The molecule has 0 unspecified atom stereocenters. The minimum atomic E-state index is 1.24. The summed E-state index contributed by atoms with van der Waals surface area (Å²) in [6.45, 7) is 4.51. The monoisotopic (exact) mass is 932 g/mol. The summed E-state index contributed by atoms with van der Waals surface area (Å²) in [5, 5.41) is 21.1. The molecule has 0 aliphatic heterocycles. The van der Waals surface area contributed by atoms with Crippen molar-refractivity contribution in [1.29, 1.82) is 0 Å². The minimum absolute atomic E-state index is 1.24. The first kappa shape index (κ1) is 40.3.